The Labute approximate surface area is 114 Å². The average Bonchev–Trinajstić information content (AvgIpc) is 2.41. The molecule has 2 rings (SSSR count). The number of aryl methyl sites for hydroxylation is 1. The Balaban J connectivity index is 2.33. The first-order chi connectivity index (χ1) is 9.49. The maximum atomic E-state index is 13.6. The second kappa shape index (κ2) is 5.48. The topological polar surface area (TPSA) is 72.2 Å². The van der Waals surface area contributed by atoms with Gasteiger partial charge in [-0.15, -0.1) is 0 Å². The van der Waals surface area contributed by atoms with Gasteiger partial charge in [0.05, 0.1) is 10.5 Å². The molecule has 0 saturated carbocycles. The molecule has 0 aromatic heterocycles. The van der Waals surface area contributed by atoms with Crippen LogP contribution in [0.4, 0.5) is 15.8 Å². The summed E-state index contributed by atoms with van der Waals surface area (Å²) in [5, 5.41) is 13.2. The minimum absolute atomic E-state index is 0.0309. The molecule has 2 aromatic carbocycles. The van der Waals surface area contributed by atoms with Gasteiger partial charge in [-0.05, 0) is 25.1 Å². The van der Waals surface area contributed by atoms with E-state index < -0.39 is 16.6 Å². The quantitative estimate of drug-likeness (QED) is 0.689. The molecule has 2 aromatic rings. The fourth-order valence-corrected chi connectivity index (χ4v) is 1.74. The van der Waals surface area contributed by atoms with Gasteiger partial charge in [-0.25, -0.2) is 4.39 Å². The van der Waals surface area contributed by atoms with Crippen molar-refractivity contribution in [2.75, 3.05) is 5.32 Å². The molecule has 0 aliphatic heterocycles. The van der Waals surface area contributed by atoms with E-state index in [9.17, 15) is 19.3 Å². The molecule has 0 fully saturated rings. The largest absolute Gasteiger partial charge is 0.316 e. The molecule has 1 amide bonds. The van der Waals surface area contributed by atoms with Crippen LogP contribution in [0.15, 0.2) is 42.5 Å². The fourth-order valence-electron chi connectivity index (χ4n) is 1.74. The third-order valence-electron chi connectivity index (χ3n) is 2.72. The van der Waals surface area contributed by atoms with E-state index in [4.69, 9.17) is 0 Å². The Morgan fingerprint density at radius 3 is 2.65 bits per heavy atom. The van der Waals surface area contributed by atoms with Crippen molar-refractivity contribution in [2.24, 2.45) is 0 Å². The fraction of sp³-hybridized carbons (Fsp3) is 0.0714. The summed E-state index contributed by atoms with van der Waals surface area (Å²) in [6.45, 7) is 1.72. The molecule has 5 nitrogen and oxygen atoms in total. The summed E-state index contributed by atoms with van der Waals surface area (Å²) in [5.74, 6) is -1.40. The Morgan fingerprint density at radius 1 is 1.25 bits per heavy atom. The van der Waals surface area contributed by atoms with Gasteiger partial charge in [0.1, 0.15) is 11.5 Å². The molecule has 0 radical (unpaired) electrons. The lowest BCUT2D eigenvalue weighted by atomic mass is 10.1. The molecule has 20 heavy (non-hydrogen) atoms. The molecule has 0 heterocycles. The Bertz CT molecular complexity index is 686. The minimum atomic E-state index is -0.722. The molecular formula is C14H11FN2O3. The maximum absolute atomic E-state index is 13.6. The molecule has 102 valence electrons. The number of nitro groups is 1. The van der Waals surface area contributed by atoms with E-state index in [1.165, 1.54) is 36.4 Å². The van der Waals surface area contributed by atoms with Gasteiger partial charge in [0, 0.05) is 6.07 Å². The van der Waals surface area contributed by atoms with Crippen LogP contribution in [0.1, 0.15) is 15.9 Å². The molecular weight excluding hydrogens is 263 g/mol. The van der Waals surface area contributed by atoms with Gasteiger partial charge in [-0.2, -0.15) is 0 Å². The number of nitrogens with zero attached hydrogens (tertiary/aromatic N) is 1. The number of carbonyl (C=O) groups excluding carboxylic acids is 1. The van der Waals surface area contributed by atoms with Crippen LogP contribution >= 0.6 is 0 Å². The zero-order valence-corrected chi connectivity index (χ0v) is 10.6. The molecule has 0 unspecified atom stereocenters. The van der Waals surface area contributed by atoms with Crippen LogP contribution in [-0.4, -0.2) is 10.8 Å². The van der Waals surface area contributed by atoms with Crippen LogP contribution in [0, 0.1) is 22.9 Å². The van der Waals surface area contributed by atoms with Crippen LogP contribution in [0.25, 0.3) is 0 Å². The van der Waals surface area contributed by atoms with E-state index >= 15 is 0 Å². The molecule has 0 aliphatic carbocycles. The monoisotopic (exact) mass is 274 g/mol. The summed E-state index contributed by atoms with van der Waals surface area (Å²) in [6.07, 6.45) is 0. The summed E-state index contributed by atoms with van der Waals surface area (Å²) in [6, 6.07) is 9.81. The predicted molar refractivity (Wildman–Crippen MR) is 72.2 cm³/mol. The standard InChI is InChI=1S/C14H11FN2O3/c1-9-6-7-11(15)10(8-9)14(18)16-12-4-2-3-5-13(12)17(19)20/h2-8H,1H3,(H,16,18). The van der Waals surface area contributed by atoms with Gasteiger partial charge in [0.15, 0.2) is 0 Å². The molecule has 0 aliphatic rings. The first-order valence-corrected chi connectivity index (χ1v) is 5.80. The van der Waals surface area contributed by atoms with Crippen molar-refractivity contribution in [3.8, 4) is 0 Å². The summed E-state index contributed by atoms with van der Waals surface area (Å²) >= 11 is 0. The lowest BCUT2D eigenvalue weighted by Crippen LogP contribution is -2.15. The predicted octanol–water partition coefficient (Wildman–Crippen LogP) is 3.29. The zero-order chi connectivity index (χ0) is 14.7. The van der Waals surface area contributed by atoms with E-state index in [1.54, 1.807) is 13.0 Å². The lowest BCUT2D eigenvalue weighted by molar-refractivity contribution is -0.383. The van der Waals surface area contributed by atoms with E-state index in [0.29, 0.717) is 0 Å². The SMILES string of the molecule is Cc1ccc(F)c(C(=O)Nc2ccccc2[N+](=O)[O-])c1. The van der Waals surface area contributed by atoms with Gasteiger partial charge < -0.3 is 5.32 Å². The van der Waals surface area contributed by atoms with Crippen molar-refractivity contribution in [1.82, 2.24) is 0 Å². The minimum Gasteiger partial charge on any atom is -0.316 e. The number of halogens is 1. The maximum Gasteiger partial charge on any atom is 0.292 e. The van der Waals surface area contributed by atoms with Gasteiger partial charge in [0.2, 0.25) is 0 Å². The van der Waals surface area contributed by atoms with Gasteiger partial charge in [-0.3, -0.25) is 14.9 Å². The first-order valence-electron chi connectivity index (χ1n) is 5.80. The third kappa shape index (κ3) is 2.80. The molecule has 1 N–H and O–H groups in total. The summed E-state index contributed by atoms with van der Waals surface area (Å²) in [5.41, 5.74) is 0.361. The van der Waals surface area contributed by atoms with Crippen molar-refractivity contribution in [3.63, 3.8) is 0 Å². The van der Waals surface area contributed by atoms with Gasteiger partial charge in [0.25, 0.3) is 11.6 Å². The highest BCUT2D eigenvalue weighted by molar-refractivity contribution is 6.05. The van der Waals surface area contributed by atoms with Crippen molar-refractivity contribution in [3.05, 3.63) is 69.5 Å². The van der Waals surface area contributed by atoms with Crippen LogP contribution in [0.3, 0.4) is 0 Å². The smallest absolute Gasteiger partial charge is 0.292 e. The number of nitro benzene ring substituents is 1. The molecule has 0 bridgehead atoms. The van der Waals surface area contributed by atoms with Crippen molar-refractivity contribution in [2.45, 2.75) is 6.92 Å². The number of anilines is 1. The second-order valence-electron chi connectivity index (χ2n) is 4.21. The van der Waals surface area contributed by atoms with E-state index in [-0.39, 0.29) is 16.9 Å². The summed E-state index contributed by atoms with van der Waals surface area (Å²) < 4.78 is 13.6. The number of para-hydroxylation sites is 2. The number of carbonyl (C=O) groups is 1. The summed E-state index contributed by atoms with van der Waals surface area (Å²) in [4.78, 5) is 22.2. The van der Waals surface area contributed by atoms with Gasteiger partial charge in [-0.1, -0.05) is 23.8 Å². The first kappa shape index (κ1) is 13.7. The summed E-state index contributed by atoms with van der Waals surface area (Å²) in [7, 11) is 0. The molecule has 0 spiro atoms. The van der Waals surface area contributed by atoms with E-state index in [1.807, 2.05) is 0 Å². The number of amides is 1. The molecule has 0 atom stereocenters. The highest BCUT2D eigenvalue weighted by Crippen LogP contribution is 2.24. The number of benzene rings is 2. The van der Waals surface area contributed by atoms with Crippen LogP contribution in [0.5, 0.6) is 0 Å². The van der Waals surface area contributed by atoms with E-state index in [2.05, 4.69) is 5.32 Å². The average molecular weight is 274 g/mol. The molecule has 6 heteroatoms. The Hall–Kier alpha value is -2.76. The number of rotatable bonds is 3. The highest BCUT2D eigenvalue weighted by Gasteiger charge is 2.17. The van der Waals surface area contributed by atoms with Crippen LogP contribution < -0.4 is 5.32 Å². The van der Waals surface area contributed by atoms with Crippen LogP contribution in [-0.2, 0) is 0 Å². The van der Waals surface area contributed by atoms with Crippen molar-refractivity contribution >= 4 is 17.3 Å². The highest BCUT2D eigenvalue weighted by atomic mass is 19.1. The number of nitrogens with one attached hydrogen (secondary N) is 1. The Morgan fingerprint density at radius 2 is 1.95 bits per heavy atom. The van der Waals surface area contributed by atoms with Crippen molar-refractivity contribution < 1.29 is 14.1 Å². The lowest BCUT2D eigenvalue weighted by Gasteiger charge is -2.07. The van der Waals surface area contributed by atoms with Crippen LogP contribution in [0.2, 0.25) is 0 Å². The zero-order valence-electron chi connectivity index (χ0n) is 10.6. The number of hydrogen-bond acceptors (Lipinski definition) is 3. The van der Waals surface area contributed by atoms with Gasteiger partial charge >= 0.3 is 0 Å². The van der Waals surface area contributed by atoms with E-state index in [0.717, 1.165) is 5.56 Å². The normalized spacial score (nSPS) is 10.1. The number of hydrogen-bond donors (Lipinski definition) is 1. The van der Waals surface area contributed by atoms with Crippen molar-refractivity contribution in [1.29, 1.82) is 0 Å². The Kier molecular flexibility index (Phi) is 3.74. The third-order valence-corrected chi connectivity index (χ3v) is 2.72. The second-order valence-corrected chi connectivity index (χ2v) is 4.21. The molecule has 0 saturated heterocycles.